The Labute approximate surface area is 126 Å². The van der Waals surface area contributed by atoms with Crippen molar-refractivity contribution in [2.24, 2.45) is 0 Å². The van der Waals surface area contributed by atoms with Crippen LogP contribution in [0.5, 0.6) is 0 Å². The highest BCUT2D eigenvalue weighted by Gasteiger charge is 2.20. The number of hydrogen-bond acceptors (Lipinski definition) is 5. The molecule has 0 saturated carbocycles. The van der Waals surface area contributed by atoms with Gasteiger partial charge in [0, 0.05) is 23.7 Å². The quantitative estimate of drug-likeness (QED) is 0.485. The molecule has 1 aromatic heterocycles. The van der Waals surface area contributed by atoms with E-state index >= 15 is 0 Å². The van der Waals surface area contributed by atoms with E-state index in [9.17, 15) is 14.5 Å². The molecule has 100 valence electrons. The summed E-state index contributed by atoms with van der Waals surface area (Å²) in [6.45, 7) is 1.82. The lowest BCUT2D eigenvalue weighted by Gasteiger charge is -2.13. The van der Waals surface area contributed by atoms with E-state index in [1.807, 2.05) is 12.3 Å². The highest BCUT2D eigenvalue weighted by atomic mass is 127. The van der Waals surface area contributed by atoms with E-state index in [0.29, 0.717) is 0 Å². The molecule has 0 spiro atoms. The Balaban J connectivity index is 2.33. The summed E-state index contributed by atoms with van der Waals surface area (Å²) in [7, 11) is 0. The Morgan fingerprint density at radius 1 is 1.58 bits per heavy atom. The first-order chi connectivity index (χ1) is 8.99. The van der Waals surface area contributed by atoms with Crippen LogP contribution in [0, 0.1) is 19.5 Å². The zero-order valence-corrected chi connectivity index (χ0v) is 12.7. The van der Waals surface area contributed by atoms with E-state index in [2.05, 4.69) is 10.3 Å². The van der Waals surface area contributed by atoms with Gasteiger partial charge in [-0.25, -0.2) is 9.37 Å². The van der Waals surface area contributed by atoms with Crippen molar-refractivity contribution in [3.63, 3.8) is 0 Å². The van der Waals surface area contributed by atoms with Gasteiger partial charge in [0.15, 0.2) is 0 Å². The van der Waals surface area contributed by atoms with Crippen LogP contribution in [0.1, 0.15) is 18.0 Å². The Bertz CT molecular complexity index is 606. The SMILES string of the molecule is CC(Nc1cc(F)c(I)cc1[N+](=O)[O-])c1nccs1. The lowest BCUT2D eigenvalue weighted by atomic mass is 10.2. The molecule has 0 amide bonds. The number of nitrogens with one attached hydrogen (secondary N) is 1. The molecule has 0 aliphatic heterocycles. The predicted octanol–water partition coefficient (Wildman–Crippen LogP) is 3.97. The first-order valence-electron chi connectivity index (χ1n) is 5.28. The number of hydrogen-bond donors (Lipinski definition) is 1. The smallest absolute Gasteiger partial charge is 0.293 e. The van der Waals surface area contributed by atoms with Crippen LogP contribution in [0.4, 0.5) is 15.8 Å². The average molecular weight is 393 g/mol. The number of rotatable bonds is 4. The van der Waals surface area contributed by atoms with Gasteiger partial charge in [-0.3, -0.25) is 10.1 Å². The molecule has 2 aromatic rings. The highest BCUT2D eigenvalue weighted by molar-refractivity contribution is 14.1. The molecule has 1 N–H and O–H groups in total. The fourth-order valence-electron chi connectivity index (χ4n) is 1.55. The van der Waals surface area contributed by atoms with Crippen LogP contribution in [0.25, 0.3) is 0 Å². The van der Waals surface area contributed by atoms with Crippen molar-refractivity contribution < 1.29 is 9.31 Å². The van der Waals surface area contributed by atoms with Gasteiger partial charge in [0.2, 0.25) is 0 Å². The summed E-state index contributed by atoms with van der Waals surface area (Å²) < 4.78 is 13.8. The molecular weight excluding hydrogens is 384 g/mol. The Morgan fingerprint density at radius 3 is 2.89 bits per heavy atom. The highest BCUT2D eigenvalue weighted by Crippen LogP contribution is 2.31. The van der Waals surface area contributed by atoms with Crippen molar-refractivity contribution in [3.05, 3.63) is 48.2 Å². The van der Waals surface area contributed by atoms with Crippen molar-refractivity contribution >= 4 is 45.3 Å². The van der Waals surface area contributed by atoms with Gasteiger partial charge >= 0.3 is 0 Å². The number of nitrogens with zero attached hydrogens (tertiary/aromatic N) is 2. The van der Waals surface area contributed by atoms with Crippen LogP contribution >= 0.6 is 33.9 Å². The van der Waals surface area contributed by atoms with E-state index in [-0.39, 0.29) is 21.0 Å². The van der Waals surface area contributed by atoms with Crippen molar-refractivity contribution in [1.29, 1.82) is 0 Å². The molecule has 19 heavy (non-hydrogen) atoms. The minimum absolute atomic E-state index is 0.144. The molecule has 0 aliphatic rings. The molecule has 0 radical (unpaired) electrons. The number of nitro groups is 1. The molecule has 0 bridgehead atoms. The van der Waals surface area contributed by atoms with Gasteiger partial charge < -0.3 is 5.32 Å². The minimum Gasteiger partial charge on any atom is -0.370 e. The largest absolute Gasteiger partial charge is 0.370 e. The lowest BCUT2D eigenvalue weighted by Crippen LogP contribution is -2.08. The molecule has 1 unspecified atom stereocenters. The molecular formula is C11H9FIN3O2S. The standard InChI is InChI=1S/C11H9FIN3O2S/c1-6(11-14-2-3-19-11)15-9-4-7(12)8(13)5-10(9)16(17)18/h2-6,15H,1H3. The fourth-order valence-corrected chi connectivity index (χ4v) is 2.64. The third kappa shape index (κ3) is 3.18. The Morgan fingerprint density at radius 2 is 2.32 bits per heavy atom. The monoisotopic (exact) mass is 393 g/mol. The van der Waals surface area contributed by atoms with Gasteiger partial charge in [-0.2, -0.15) is 0 Å². The molecule has 0 aliphatic carbocycles. The van der Waals surface area contributed by atoms with Gasteiger partial charge in [-0.1, -0.05) is 0 Å². The normalized spacial score (nSPS) is 12.2. The molecule has 5 nitrogen and oxygen atoms in total. The lowest BCUT2D eigenvalue weighted by molar-refractivity contribution is -0.384. The van der Waals surface area contributed by atoms with Gasteiger partial charge in [0.25, 0.3) is 5.69 Å². The van der Waals surface area contributed by atoms with Crippen LogP contribution in [0.15, 0.2) is 23.7 Å². The van der Waals surface area contributed by atoms with Crippen LogP contribution in [-0.4, -0.2) is 9.91 Å². The van der Waals surface area contributed by atoms with E-state index in [0.717, 1.165) is 11.1 Å². The predicted molar refractivity (Wildman–Crippen MR) is 79.9 cm³/mol. The summed E-state index contributed by atoms with van der Waals surface area (Å²) in [6.07, 6.45) is 1.65. The molecule has 2 rings (SSSR count). The Kier molecular flexibility index (Phi) is 4.30. The van der Waals surface area contributed by atoms with Crippen LogP contribution < -0.4 is 5.32 Å². The van der Waals surface area contributed by atoms with E-state index in [1.165, 1.54) is 17.4 Å². The molecule has 1 heterocycles. The maximum atomic E-state index is 13.5. The zero-order valence-electron chi connectivity index (χ0n) is 9.76. The molecule has 0 saturated heterocycles. The second-order valence-electron chi connectivity index (χ2n) is 3.78. The van der Waals surface area contributed by atoms with Crippen LogP contribution in [0.3, 0.4) is 0 Å². The van der Waals surface area contributed by atoms with Crippen molar-refractivity contribution in [2.45, 2.75) is 13.0 Å². The van der Waals surface area contributed by atoms with Crippen molar-refractivity contribution in [1.82, 2.24) is 4.98 Å². The van der Waals surface area contributed by atoms with Crippen molar-refractivity contribution in [3.8, 4) is 0 Å². The third-order valence-corrected chi connectivity index (χ3v) is 4.21. The molecule has 1 aromatic carbocycles. The number of thiazole rings is 1. The topological polar surface area (TPSA) is 68.1 Å². The number of benzene rings is 1. The maximum absolute atomic E-state index is 13.5. The third-order valence-electron chi connectivity index (χ3n) is 2.43. The molecule has 8 heteroatoms. The fraction of sp³-hybridized carbons (Fsp3) is 0.182. The molecule has 1 atom stereocenters. The first kappa shape index (κ1) is 14.1. The number of halogens is 2. The van der Waals surface area contributed by atoms with E-state index in [4.69, 9.17) is 0 Å². The zero-order chi connectivity index (χ0) is 14.0. The number of anilines is 1. The summed E-state index contributed by atoms with van der Waals surface area (Å²) in [5.74, 6) is -0.486. The van der Waals surface area contributed by atoms with E-state index in [1.54, 1.807) is 28.8 Å². The number of nitro benzene ring substituents is 1. The van der Waals surface area contributed by atoms with Gasteiger partial charge in [0.1, 0.15) is 16.5 Å². The minimum atomic E-state index is -0.529. The Hall–Kier alpha value is -1.29. The van der Waals surface area contributed by atoms with Crippen LogP contribution in [0.2, 0.25) is 0 Å². The second-order valence-corrected chi connectivity index (χ2v) is 5.87. The second kappa shape index (κ2) is 5.78. The number of aromatic nitrogens is 1. The summed E-state index contributed by atoms with van der Waals surface area (Å²) in [4.78, 5) is 14.6. The molecule has 0 fully saturated rings. The van der Waals surface area contributed by atoms with Crippen molar-refractivity contribution in [2.75, 3.05) is 5.32 Å². The van der Waals surface area contributed by atoms with Crippen LogP contribution in [-0.2, 0) is 0 Å². The maximum Gasteiger partial charge on any atom is 0.293 e. The summed E-state index contributed by atoms with van der Waals surface area (Å²) >= 11 is 3.16. The summed E-state index contributed by atoms with van der Waals surface area (Å²) in [5.41, 5.74) is 0.0137. The average Bonchev–Trinajstić information content (AvgIpc) is 2.86. The summed E-state index contributed by atoms with van der Waals surface area (Å²) in [6, 6.07) is 2.13. The first-order valence-corrected chi connectivity index (χ1v) is 7.24. The van der Waals surface area contributed by atoms with Gasteiger partial charge in [-0.05, 0) is 29.5 Å². The van der Waals surface area contributed by atoms with E-state index < -0.39 is 10.7 Å². The summed E-state index contributed by atoms with van der Waals surface area (Å²) in [5, 5.41) is 16.5. The van der Waals surface area contributed by atoms with Gasteiger partial charge in [-0.15, -0.1) is 11.3 Å². The van der Waals surface area contributed by atoms with Gasteiger partial charge in [0.05, 0.1) is 14.5 Å².